The molecule has 21 heavy (non-hydrogen) atoms. The molecule has 3 atom stereocenters. The average molecular weight is 294 g/mol. The lowest BCUT2D eigenvalue weighted by molar-refractivity contribution is 0.121. The molecule has 118 valence electrons. The summed E-state index contributed by atoms with van der Waals surface area (Å²) in [7, 11) is 0. The fourth-order valence-electron chi connectivity index (χ4n) is 3.04. The highest BCUT2D eigenvalue weighted by Gasteiger charge is 2.39. The van der Waals surface area contributed by atoms with Crippen LogP contribution in [0.2, 0.25) is 0 Å². The van der Waals surface area contributed by atoms with Gasteiger partial charge in [-0.05, 0) is 32.8 Å². The lowest BCUT2D eigenvalue weighted by Gasteiger charge is -2.30. The van der Waals surface area contributed by atoms with Crippen LogP contribution in [0.4, 0.5) is 4.79 Å². The third-order valence-electron chi connectivity index (χ3n) is 4.40. The fourth-order valence-corrected chi connectivity index (χ4v) is 3.04. The van der Waals surface area contributed by atoms with Gasteiger partial charge in [0.05, 0.1) is 12.3 Å². The van der Waals surface area contributed by atoms with Crippen LogP contribution in [0.3, 0.4) is 0 Å². The molecule has 1 aromatic heterocycles. The van der Waals surface area contributed by atoms with E-state index in [9.17, 15) is 9.90 Å². The number of aromatic nitrogens is 2. The molecule has 1 heterocycles. The van der Waals surface area contributed by atoms with Gasteiger partial charge in [0.15, 0.2) is 0 Å². The summed E-state index contributed by atoms with van der Waals surface area (Å²) < 4.78 is 0. The first-order chi connectivity index (χ1) is 9.93. The van der Waals surface area contributed by atoms with Gasteiger partial charge in [-0.1, -0.05) is 13.3 Å². The van der Waals surface area contributed by atoms with Crippen molar-refractivity contribution in [2.24, 2.45) is 5.41 Å². The van der Waals surface area contributed by atoms with Gasteiger partial charge in [0.2, 0.25) is 0 Å². The number of nitrogens with one attached hydrogen (secondary N) is 3. The molecule has 6 heteroatoms. The van der Waals surface area contributed by atoms with Crippen molar-refractivity contribution in [1.29, 1.82) is 0 Å². The largest absolute Gasteiger partial charge is 0.396 e. The van der Waals surface area contributed by atoms with Crippen LogP contribution in [0.25, 0.3) is 0 Å². The van der Waals surface area contributed by atoms with Crippen LogP contribution in [0, 0.1) is 12.3 Å². The Morgan fingerprint density at radius 1 is 1.67 bits per heavy atom. The predicted molar refractivity (Wildman–Crippen MR) is 81.0 cm³/mol. The summed E-state index contributed by atoms with van der Waals surface area (Å²) >= 11 is 0. The lowest BCUT2D eigenvalue weighted by Crippen LogP contribution is -2.50. The summed E-state index contributed by atoms with van der Waals surface area (Å²) in [6, 6.07) is 1.87. The molecular weight excluding hydrogens is 268 g/mol. The molecule has 1 aliphatic carbocycles. The summed E-state index contributed by atoms with van der Waals surface area (Å²) in [5.74, 6) is 0. The minimum absolute atomic E-state index is 0.00878. The molecule has 3 unspecified atom stereocenters. The zero-order chi connectivity index (χ0) is 15.5. The van der Waals surface area contributed by atoms with E-state index in [2.05, 4.69) is 20.8 Å². The Bertz CT molecular complexity index is 488. The molecular formula is C15H26N4O2. The molecule has 1 aromatic rings. The number of amides is 2. The van der Waals surface area contributed by atoms with Crippen LogP contribution in [-0.4, -0.2) is 40.0 Å². The molecule has 2 rings (SSSR count). The second kappa shape index (κ2) is 6.47. The number of rotatable bonds is 5. The van der Waals surface area contributed by atoms with Crippen molar-refractivity contribution in [3.05, 3.63) is 17.5 Å². The maximum absolute atomic E-state index is 12.1. The minimum Gasteiger partial charge on any atom is -0.396 e. The number of nitrogens with zero attached hydrogens (tertiary/aromatic N) is 1. The second-order valence-electron chi connectivity index (χ2n) is 6.52. The van der Waals surface area contributed by atoms with Gasteiger partial charge >= 0.3 is 6.03 Å². The highest BCUT2D eigenvalue weighted by Crippen LogP contribution is 2.37. The van der Waals surface area contributed by atoms with Crippen LogP contribution in [0.15, 0.2) is 6.07 Å². The fraction of sp³-hybridized carbons (Fsp3) is 0.733. The number of H-pyrrole nitrogens is 1. The third kappa shape index (κ3) is 3.97. The van der Waals surface area contributed by atoms with Gasteiger partial charge in [-0.15, -0.1) is 0 Å². The van der Waals surface area contributed by atoms with Gasteiger partial charge < -0.3 is 15.7 Å². The van der Waals surface area contributed by atoms with Crippen LogP contribution >= 0.6 is 0 Å². The molecule has 4 N–H and O–H groups in total. The van der Waals surface area contributed by atoms with E-state index < -0.39 is 0 Å². The molecule has 6 nitrogen and oxygen atoms in total. The van der Waals surface area contributed by atoms with E-state index in [1.165, 1.54) is 0 Å². The summed E-state index contributed by atoms with van der Waals surface area (Å²) in [5, 5.41) is 22.5. The van der Waals surface area contributed by atoms with E-state index in [4.69, 9.17) is 0 Å². The smallest absolute Gasteiger partial charge is 0.315 e. The van der Waals surface area contributed by atoms with Crippen molar-refractivity contribution in [2.75, 3.05) is 6.61 Å². The van der Waals surface area contributed by atoms with Crippen LogP contribution in [0.5, 0.6) is 0 Å². The first kappa shape index (κ1) is 15.8. The second-order valence-corrected chi connectivity index (χ2v) is 6.52. The number of hydrogen-bond donors (Lipinski definition) is 4. The highest BCUT2D eigenvalue weighted by atomic mass is 16.3. The standard InChI is InChI=1S/C15H26N4O2/c1-10(7-12-8-11(2)18-19-12)16-14(21)17-13-5-4-6-15(13,3)9-20/h8,10,13,20H,4-7,9H2,1-3H3,(H,18,19)(H2,16,17,21). The number of aryl methyl sites for hydroxylation is 1. The summed E-state index contributed by atoms with van der Waals surface area (Å²) in [6.07, 6.45) is 3.62. The molecule has 0 spiro atoms. The lowest BCUT2D eigenvalue weighted by atomic mass is 9.86. The normalized spacial score (nSPS) is 26.6. The summed E-state index contributed by atoms with van der Waals surface area (Å²) in [5.41, 5.74) is 1.77. The Kier molecular flexibility index (Phi) is 4.88. The van der Waals surface area contributed by atoms with E-state index in [0.29, 0.717) is 6.42 Å². The van der Waals surface area contributed by atoms with Crippen molar-refractivity contribution < 1.29 is 9.90 Å². The summed E-state index contributed by atoms with van der Waals surface area (Å²) in [6.45, 7) is 6.06. The number of urea groups is 1. The predicted octanol–water partition coefficient (Wildman–Crippen LogP) is 1.50. The van der Waals surface area contributed by atoms with Gasteiger partial charge in [-0.2, -0.15) is 5.10 Å². The van der Waals surface area contributed by atoms with E-state index in [-0.39, 0.29) is 30.1 Å². The van der Waals surface area contributed by atoms with E-state index in [0.717, 1.165) is 30.7 Å². The highest BCUT2D eigenvalue weighted by molar-refractivity contribution is 5.74. The van der Waals surface area contributed by atoms with E-state index in [1.807, 2.05) is 26.8 Å². The number of aliphatic hydroxyl groups excluding tert-OH is 1. The van der Waals surface area contributed by atoms with Crippen molar-refractivity contribution >= 4 is 6.03 Å². The minimum atomic E-state index is -0.195. The SMILES string of the molecule is Cc1cc(CC(C)NC(=O)NC2CCCC2(C)CO)n[nH]1. The van der Waals surface area contributed by atoms with E-state index >= 15 is 0 Å². The number of carbonyl (C=O) groups excluding carboxylic acids is 1. The molecule has 1 aliphatic rings. The average Bonchev–Trinajstić information content (AvgIpc) is 2.97. The molecule has 0 bridgehead atoms. The Labute approximate surface area is 125 Å². The Hall–Kier alpha value is -1.56. The van der Waals surface area contributed by atoms with Gasteiger partial charge in [0.25, 0.3) is 0 Å². The third-order valence-corrected chi connectivity index (χ3v) is 4.40. The van der Waals surface area contributed by atoms with Crippen molar-refractivity contribution in [2.45, 2.75) is 58.5 Å². The molecule has 0 radical (unpaired) electrons. The summed E-state index contributed by atoms with van der Waals surface area (Å²) in [4.78, 5) is 12.1. The molecule has 1 fully saturated rings. The van der Waals surface area contributed by atoms with Crippen molar-refractivity contribution in [1.82, 2.24) is 20.8 Å². The van der Waals surface area contributed by atoms with Gasteiger partial charge in [-0.25, -0.2) is 4.79 Å². The van der Waals surface area contributed by atoms with Crippen molar-refractivity contribution in [3.63, 3.8) is 0 Å². The maximum Gasteiger partial charge on any atom is 0.315 e. The monoisotopic (exact) mass is 294 g/mol. The zero-order valence-corrected chi connectivity index (χ0v) is 13.1. The topological polar surface area (TPSA) is 90.0 Å². The van der Waals surface area contributed by atoms with Crippen LogP contribution < -0.4 is 10.6 Å². The molecule has 0 aromatic carbocycles. The van der Waals surface area contributed by atoms with Gasteiger partial charge in [-0.3, -0.25) is 5.10 Å². The van der Waals surface area contributed by atoms with Crippen molar-refractivity contribution in [3.8, 4) is 0 Å². The quantitative estimate of drug-likeness (QED) is 0.663. The number of aliphatic hydroxyl groups is 1. The zero-order valence-electron chi connectivity index (χ0n) is 13.1. The Morgan fingerprint density at radius 3 is 3.05 bits per heavy atom. The van der Waals surface area contributed by atoms with Gasteiger partial charge in [0.1, 0.15) is 0 Å². The number of hydrogen-bond acceptors (Lipinski definition) is 3. The van der Waals surface area contributed by atoms with Gasteiger partial charge in [0, 0.05) is 29.6 Å². The molecule has 0 saturated heterocycles. The Balaban J connectivity index is 1.81. The Morgan fingerprint density at radius 2 is 2.43 bits per heavy atom. The molecule has 1 saturated carbocycles. The molecule has 2 amide bonds. The first-order valence-electron chi connectivity index (χ1n) is 7.62. The molecule has 0 aliphatic heterocycles. The maximum atomic E-state index is 12.1. The van der Waals surface area contributed by atoms with Crippen LogP contribution in [0.1, 0.15) is 44.5 Å². The number of aromatic amines is 1. The first-order valence-corrected chi connectivity index (χ1v) is 7.62. The van der Waals surface area contributed by atoms with E-state index in [1.54, 1.807) is 0 Å². The van der Waals surface area contributed by atoms with Crippen LogP contribution in [-0.2, 0) is 6.42 Å². The number of carbonyl (C=O) groups is 1.